The lowest BCUT2D eigenvalue weighted by atomic mass is 10.1. The van der Waals surface area contributed by atoms with Gasteiger partial charge in [0.15, 0.2) is 11.5 Å². The smallest absolute Gasteiger partial charge is 0.166 e. The Balaban J connectivity index is 1.79. The number of halogens is 1. The third-order valence-electron chi connectivity index (χ3n) is 2.88. The predicted octanol–water partition coefficient (Wildman–Crippen LogP) is 3.12. The summed E-state index contributed by atoms with van der Waals surface area (Å²) in [5.41, 5.74) is 1.84. The fourth-order valence-corrected chi connectivity index (χ4v) is 2.14. The zero-order chi connectivity index (χ0) is 13.1. The highest BCUT2D eigenvalue weighted by Crippen LogP contribution is 2.34. The molecule has 1 aromatic carbocycles. The molecule has 5 heteroatoms. The summed E-state index contributed by atoms with van der Waals surface area (Å²) in [7, 11) is 0. The maximum Gasteiger partial charge on any atom is 0.166 e. The Hall–Kier alpha value is -1.94. The summed E-state index contributed by atoms with van der Waals surface area (Å²) in [6, 6.07) is 7.62. The molecule has 1 aromatic heterocycles. The highest BCUT2D eigenvalue weighted by atomic mass is 35.5. The quantitative estimate of drug-likeness (QED) is 0.935. The first kappa shape index (κ1) is 12.1. The van der Waals surface area contributed by atoms with Crippen LogP contribution >= 0.6 is 11.6 Å². The second kappa shape index (κ2) is 5.36. The molecule has 19 heavy (non-hydrogen) atoms. The van der Waals surface area contributed by atoms with Gasteiger partial charge in [-0.2, -0.15) is 0 Å². The van der Waals surface area contributed by atoms with Gasteiger partial charge in [0.05, 0.1) is 16.9 Å². The van der Waals surface area contributed by atoms with Crippen LogP contribution in [0.3, 0.4) is 0 Å². The number of fused-ring (bicyclic) bond motifs is 1. The number of aromatic nitrogens is 1. The summed E-state index contributed by atoms with van der Waals surface area (Å²) < 4.78 is 11.2. The summed E-state index contributed by atoms with van der Waals surface area (Å²) in [6.07, 6.45) is 3.37. The lowest BCUT2D eigenvalue weighted by Crippen LogP contribution is -2.17. The van der Waals surface area contributed by atoms with E-state index in [0.717, 1.165) is 22.7 Å². The van der Waals surface area contributed by atoms with Gasteiger partial charge in [0.2, 0.25) is 0 Å². The van der Waals surface area contributed by atoms with E-state index in [1.807, 2.05) is 18.2 Å². The van der Waals surface area contributed by atoms with E-state index in [4.69, 9.17) is 21.1 Å². The van der Waals surface area contributed by atoms with Crippen LogP contribution in [0.5, 0.6) is 11.5 Å². The first-order chi connectivity index (χ1) is 9.34. The molecule has 0 radical (unpaired) electrons. The van der Waals surface area contributed by atoms with Crippen molar-refractivity contribution in [2.24, 2.45) is 0 Å². The van der Waals surface area contributed by atoms with Gasteiger partial charge in [0, 0.05) is 18.3 Å². The molecule has 0 bridgehead atoms. The van der Waals surface area contributed by atoms with E-state index in [1.165, 1.54) is 0 Å². The molecule has 0 saturated carbocycles. The van der Waals surface area contributed by atoms with Gasteiger partial charge in [-0.1, -0.05) is 23.7 Å². The number of hydrogen-bond acceptors (Lipinski definition) is 4. The Labute approximate surface area is 116 Å². The summed E-state index contributed by atoms with van der Waals surface area (Å²) >= 11 is 6.08. The minimum Gasteiger partial charge on any atom is -0.486 e. The van der Waals surface area contributed by atoms with Crippen LogP contribution in [0.15, 0.2) is 36.7 Å². The van der Waals surface area contributed by atoms with Crippen molar-refractivity contribution in [2.75, 3.05) is 18.5 Å². The SMILES string of the molecule is Clc1ccncc1NCc1cccc2c1OCCO2. The molecule has 0 aliphatic carbocycles. The Morgan fingerprint density at radius 1 is 1.21 bits per heavy atom. The maximum absolute atomic E-state index is 6.08. The average Bonchev–Trinajstić information content (AvgIpc) is 2.46. The molecule has 1 aliphatic heterocycles. The number of nitrogens with zero attached hydrogens (tertiary/aromatic N) is 1. The second-order valence-electron chi connectivity index (χ2n) is 4.15. The summed E-state index contributed by atoms with van der Waals surface area (Å²) in [6.45, 7) is 1.79. The zero-order valence-electron chi connectivity index (χ0n) is 10.2. The molecule has 0 atom stereocenters. The van der Waals surface area contributed by atoms with Gasteiger partial charge in [-0.25, -0.2) is 0 Å². The third kappa shape index (κ3) is 2.58. The van der Waals surface area contributed by atoms with Gasteiger partial charge < -0.3 is 14.8 Å². The molecule has 0 amide bonds. The van der Waals surface area contributed by atoms with Crippen LogP contribution in [-0.2, 0) is 6.54 Å². The number of ether oxygens (including phenoxy) is 2. The van der Waals surface area contributed by atoms with Gasteiger partial charge in [-0.05, 0) is 12.1 Å². The summed E-state index contributed by atoms with van der Waals surface area (Å²) in [5.74, 6) is 1.60. The molecule has 2 aromatic rings. The van der Waals surface area contributed by atoms with E-state index in [9.17, 15) is 0 Å². The number of rotatable bonds is 3. The zero-order valence-corrected chi connectivity index (χ0v) is 11.0. The second-order valence-corrected chi connectivity index (χ2v) is 4.56. The van der Waals surface area contributed by atoms with Crippen molar-refractivity contribution >= 4 is 17.3 Å². The monoisotopic (exact) mass is 276 g/mol. The van der Waals surface area contributed by atoms with Gasteiger partial charge in [0.25, 0.3) is 0 Å². The molecule has 1 aliphatic rings. The highest BCUT2D eigenvalue weighted by molar-refractivity contribution is 6.33. The van der Waals surface area contributed by atoms with Crippen LogP contribution in [0, 0.1) is 0 Å². The van der Waals surface area contributed by atoms with Gasteiger partial charge in [-0.3, -0.25) is 4.98 Å². The standard InChI is InChI=1S/C14H13ClN2O2/c15-11-4-5-16-9-12(11)17-8-10-2-1-3-13-14(10)19-7-6-18-13/h1-5,9,17H,6-8H2. The van der Waals surface area contributed by atoms with Crippen LogP contribution in [0.1, 0.15) is 5.56 Å². The number of pyridine rings is 1. The number of hydrogen-bond donors (Lipinski definition) is 1. The van der Waals surface area contributed by atoms with Crippen molar-refractivity contribution in [3.8, 4) is 11.5 Å². The van der Waals surface area contributed by atoms with Crippen molar-refractivity contribution in [1.29, 1.82) is 0 Å². The third-order valence-corrected chi connectivity index (χ3v) is 3.21. The molecule has 0 fully saturated rings. The Morgan fingerprint density at radius 3 is 3.00 bits per heavy atom. The first-order valence-corrected chi connectivity index (χ1v) is 6.43. The Kier molecular flexibility index (Phi) is 3.42. The van der Waals surface area contributed by atoms with E-state index in [1.54, 1.807) is 18.5 Å². The van der Waals surface area contributed by atoms with E-state index in [2.05, 4.69) is 10.3 Å². The van der Waals surface area contributed by atoms with Gasteiger partial charge in [-0.15, -0.1) is 0 Å². The van der Waals surface area contributed by atoms with Gasteiger partial charge >= 0.3 is 0 Å². The van der Waals surface area contributed by atoms with E-state index in [-0.39, 0.29) is 0 Å². The molecule has 0 spiro atoms. The van der Waals surface area contributed by atoms with Crippen LogP contribution in [-0.4, -0.2) is 18.2 Å². The molecule has 1 N–H and O–H groups in total. The molecule has 3 rings (SSSR count). The summed E-state index contributed by atoms with van der Waals surface area (Å²) in [4.78, 5) is 4.04. The minimum atomic E-state index is 0.581. The van der Waals surface area contributed by atoms with E-state index >= 15 is 0 Å². The van der Waals surface area contributed by atoms with Crippen LogP contribution in [0.4, 0.5) is 5.69 Å². The maximum atomic E-state index is 6.08. The molecular formula is C14H13ClN2O2. The Bertz CT molecular complexity index is 589. The Morgan fingerprint density at radius 2 is 2.11 bits per heavy atom. The van der Waals surface area contributed by atoms with Crippen LogP contribution in [0.2, 0.25) is 5.02 Å². The van der Waals surface area contributed by atoms with E-state index < -0.39 is 0 Å². The van der Waals surface area contributed by atoms with Crippen molar-refractivity contribution < 1.29 is 9.47 Å². The van der Waals surface area contributed by atoms with Crippen molar-refractivity contribution in [1.82, 2.24) is 4.98 Å². The van der Waals surface area contributed by atoms with Gasteiger partial charge in [0.1, 0.15) is 13.2 Å². The average molecular weight is 277 g/mol. The molecule has 98 valence electrons. The first-order valence-electron chi connectivity index (χ1n) is 6.05. The van der Waals surface area contributed by atoms with E-state index in [0.29, 0.717) is 24.8 Å². The fraction of sp³-hybridized carbons (Fsp3) is 0.214. The molecular weight excluding hydrogens is 264 g/mol. The predicted molar refractivity (Wildman–Crippen MR) is 74.0 cm³/mol. The van der Waals surface area contributed by atoms with Crippen LogP contribution < -0.4 is 14.8 Å². The minimum absolute atomic E-state index is 0.581. The number of anilines is 1. The number of para-hydroxylation sites is 1. The van der Waals surface area contributed by atoms with Crippen LogP contribution in [0.25, 0.3) is 0 Å². The fourth-order valence-electron chi connectivity index (χ4n) is 1.97. The molecule has 0 unspecified atom stereocenters. The van der Waals surface area contributed by atoms with Crippen molar-refractivity contribution in [3.05, 3.63) is 47.2 Å². The molecule has 4 nitrogen and oxygen atoms in total. The van der Waals surface area contributed by atoms with Crippen molar-refractivity contribution in [2.45, 2.75) is 6.54 Å². The number of nitrogens with one attached hydrogen (secondary N) is 1. The topological polar surface area (TPSA) is 43.4 Å². The van der Waals surface area contributed by atoms with Crippen molar-refractivity contribution in [3.63, 3.8) is 0 Å². The summed E-state index contributed by atoms with van der Waals surface area (Å²) in [5, 5.41) is 3.90. The lowest BCUT2D eigenvalue weighted by molar-refractivity contribution is 0.170. The number of benzene rings is 1. The highest BCUT2D eigenvalue weighted by Gasteiger charge is 2.15. The normalized spacial score (nSPS) is 13.1. The lowest BCUT2D eigenvalue weighted by Gasteiger charge is -2.21. The molecule has 2 heterocycles. The molecule has 0 saturated heterocycles. The largest absolute Gasteiger partial charge is 0.486 e.